The van der Waals surface area contributed by atoms with E-state index in [0.717, 1.165) is 5.56 Å². The Morgan fingerprint density at radius 1 is 0.818 bits per heavy atom. The zero-order chi connectivity index (χ0) is 24.0. The molecule has 1 aliphatic heterocycles. The second-order valence-corrected chi connectivity index (χ2v) is 8.35. The number of carbonyl (C=O) groups is 4. The van der Waals surface area contributed by atoms with Gasteiger partial charge in [-0.1, -0.05) is 62.7 Å². The van der Waals surface area contributed by atoms with Crippen LogP contribution in [-0.2, 0) is 20.8 Å². The third-order valence-electron chi connectivity index (χ3n) is 5.88. The fourth-order valence-corrected chi connectivity index (χ4v) is 3.65. The van der Waals surface area contributed by atoms with E-state index in [0.29, 0.717) is 12.1 Å². The van der Waals surface area contributed by atoms with Crippen molar-refractivity contribution in [3.05, 3.63) is 65.7 Å². The van der Waals surface area contributed by atoms with Crippen molar-refractivity contribution in [1.29, 1.82) is 0 Å². The second kappa shape index (κ2) is 10.8. The molecule has 1 aliphatic rings. The lowest BCUT2D eigenvalue weighted by atomic mass is 9.97. The van der Waals surface area contributed by atoms with Crippen molar-refractivity contribution in [2.75, 3.05) is 5.32 Å². The summed E-state index contributed by atoms with van der Waals surface area (Å²) in [6.07, 6.45) is 0.893. The Kier molecular flexibility index (Phi) is 7.82. The third-order valence-corrected chi connectivity index (χ3v) is 5.88. The smallest absolute Gasteiger partial charge is 0.254 e. The molecule has 0 unspecified atom stereocenters. The molecule has 4 atom stereocenters. The van der Waals surface area contributed by atoms with Gasteiger partial charge in [0, 0.05) is 6.42 Å². The van der Waals surface area contributed by atoms with Crippen molar-refractivity contribution < 1.29 is 19.2 Å². The molecule has 0 spiro atoms. The van der Waals surface area contributed by atoms with E-state index in [1.54, 1.807) is 31.2 Å². The monoisotopic (exact) mass is 450 g/mol. The first kappa shape index (κ1) is 24.0. The number of carbonyl (C=O) groups excluding carboxylic acids is 4. The quantitative estimate of drug-likeness (QED) is 0.570. The molecule has 0 fully saturated rings. The lowest BCUT2D eigenvalue weighted by Gasteiger charge is -2.27. The number of amides is 4. The molecule has 0 aliphatic carbocycles. The lowest BCUT2D eigenvalue weighted by molar-refractivity contribution is -0.132. The van der Waals surface area contributed by atoms with Gasteiger partial charge in [0.2, 0.25) is 17.7 Å². The Hall–Kier alpha value is -3.68. The molecule has 174 valence electrons. The SMILES string of the molecule is CC[C@H](C)[C@@H]1NC(=O)[C@H](C)NC(=O)c2ccccc2NC(=O)[C@H](Cc2ccccc2)NC1=O. The van der Waals surface area contributed by atoms with Gasteiger partial charge in [-0.05, 0) is 30.5 Å². The molecule has 33 heavy (non-hydrogen) atoms. The average Bonchev–Trinajstić information content (AvgIpc) is 2.81. The molecule has 8 nitrogen and oxygen atoms in total. The highest BCUT2D eigenvalue weighted by Crippen LogP contribution is 2.17. The maximum absolute atomic E-state index is 13.3. The number of hydrogen-bond acceptors (Lipinski definition) is 4. The first-order chi connectivity index (χ1) is 15.8. The summed E-state index contributed by atoms with van der Waals surface area (Å²) in [7, 11) is 0. The van der Waals surface area contributed by atoms with Crippen LogP contribution in [0.3, 0.4) is 0 Å². The first-order valence-corrected chi connectivity index (χ1v) is 11.2. The van der Waals surface area contributed by atoms with E-state index in [2.05, 4.69) is 21.3 Å². The predicted molar refractivity (Wildman–Crippen MR) is 125 cm³/mol. The first-order valence-electron chi connectivity index (χ1n) is 11.2. The van der Waals surface area contributed by atoms with Crippen LogP contribution in [0, 0.1) is 5.92 Å². The minimum Gasteiger partial charge on any atom is -0.342 e. The van der Waals surface area contributed by atoms with Gasteiger partial charge in [0.15, 0.2) is 0 Å². The normalized spacial score (nSPS) is 22.8. The number of fused-ring (bicyclic) bond motifs is 1. The molecule has 2 aromatic carbocycles. The van der Waals surface area contributed by atoms with Gasteiger partial charge in [0.25, 0.3) is 5.91 Å². The molecular formula is C25H30N4O4. The summed E-state index contributed by atoms with van der Waals surface area (Å²) in [6.45, 7) is 5.33. The fourth-order valence-electron chi connectivity index (χ4n) is 3.65. The molecule has 3 rings (SSSR count). The van der Waals surface area contributed by atoms with Gasteiger partial charge < -0.3 is 21.3 Å². The highest BCUT2D eigenvalue weighted by molar-refractivity contribution is 6.07. The third kappa shape index (κ3) is 5.97. The van der Waals surface area contributed by atoms with Crippen molar-refractivity contribution >= 4 is 29.3 Å². The largest absolute Gasteiger partial charge is 0.342 e. The van der Waals surface area contributed by atoms with Crippen molar-refractivity contribution in [3.8, 4) is 0 Å². The highest BCUT2D eigenvalue weighted by atomic mass is 16.2. The van der Waals surface area contributed by atoms with Crippen molar-refractivity contribution in [3.63, 3.8) is 0 Å². The predicted octanol–water partition coefficient (Wildman–Crippen LogP) is 2.02. The summed E-state index contributed by atoms with van der Waals surface area (Å²) in [4.78, 5) is 52.1. The summed E-state index contributed by atoms with van der Waals surface area (Å²) in [5.41, 5.74) is 1.40. The Labute approximate surface area is 193 Å². The van der Waals surface area contributed by atoms with Crippen LogP contribution in [0.5, 0.6) is 0 Å². The summed E-state index contributed by atoms with van der Waals surface area (Å²) in [5.74, 6) is -2.04. The van der Waals surface area contributed by atoms with E-state index in [9.17, 15) is 19.2 Å². The number of para-hydroxylation sites is 1. The number of benzene rings is 2. The average molecular weight is 451 g/mol. The van der Waals surface area contributed by atoms with Gasteiger partial charge >= 0.3 is 0 Å². The molecule has 0 saturated carbocycles. The van der Waals surface area contributed by atoms with Gasteiger partial charge in [0.05, 0.1) is 11.3 Å². The molecule has 0 saturated heterocycles. The summed E-state index contributed by atoms with van der Waals surface area (Å²) in [6, 6.07) is 13.3. The highest BCUT2D eigenvalue weighted by Gasteiger charge is 2.32. The Bertz CT molecular complexity index is 1020. The zero-order valence-corrected chi connectivity index (χ0v) is 19.1. The minimum atomic E-state index is -0.905. The maximum Gasteiger partial charge on any atom is 0.254 e. The molecule has 2 aromatic rings. The van der Waals surface area contributed by atoms with Gasteiger partial charge in [-0.25, -0.2) is 0 Å². The molecule has 8 heteroatoms. The molecular weight excluding hydrogens is 420 g/mol. The minimum absolute atomic E-state index is 0.181. The van der Waals surface area contributed by atoms with E-state index >= 15 is 0 Å². The summed E-state index contributed by atoms with van der Waals surface area (Å²) in [5, 5.41) is 11.0. The maximum atomic E-state index is 13.3. The van der Waals surface area contributed by atoms with Crippen LogP contribution in [0.15, 0.2) is 54.6 Å². The molecule has 0 aromatic heterocycles. The fraction of sp³-hybridized carbons (Fsp3) is 0.360. The standard InChI is InChI=1S/C25H30N4O4/c1-4-15(2)21-25(33)28-20(14-17-10-6-5-7-11-17)24(32)27-19-13-9-8-12-18(19)23(31)26-16(3)22(30)29-21/h5-13,15-16,20-21H,4,14H2,1-3H3,(H,26,31)(H,27,32)(H,28,33)(H,29,30)/t15-,16-,20-,21-/m0/s1. The Balaban J connectivity index is 2.01. The number of nitrogens with one attached hydrogen (secondary N) is 4. The summed E-state index contributed by atoms with van der Waals surface area (Å²) < 4.78 is 0. The van der Waals surface area contributed by atoms with Crippen LogP contribution in [0.4, 0.5) is 5.69 Å². The van der Waals surface area contributed by atoms with E-state index in [4.69, 9.17) is 0 Å². The number of rotatable bonds is 4. The van der Waals surface area contributed by atoms with Gasteiger partial charge in [-0.2, -0.15) is 0 Å². The van der Waals surface area contributed by atoms with Crippen LogP contribution in [0.1, 0.15) is 43.1 Å². The molecule has 4 N–H and O–H groups in total. The van der Waals surface area contributed by atoms with Crippen LogP contribution >= 0.6 is 0 Å². The molecule has 1 heterocycles. The van der Waals surface area contributed by atoms with E-state index in [1.807, 2.05) is 44.2 Å². The number of anilines is 1. The van der Waals surface area contributed by atoms with Crippen molar-refractivity contribution in [1.82, 2.24) is 16.0 Å². The van der Waals surface area contributed by atoms with Gasteiger partial charge in [0.1, 0.15) is 18.1 Å². The van der Waals surface area contributed by atoms with Crippen molar-refractivity contribution in [2.24, 2.45) is 5.92 Å². The zero-order valence-electron chi connectivity index (χ0n) is 19.1. The van der Waals surface area contributed by atoms with Crippen LogP contribution in [-0.4, -0.2) is 41.8 Å². The van der Waals surface area contributed by atoms with E-state index in [-0.39, 0.29) is 17.9 Å². The lowest BCUT2D eigenvalue weighted by Crippen LogP contribution is -2.57. The molecule has 0 bridgehead atoms. The Morgan fingerprint density at radius 2 is 1.48 bits per heavy atom. The topological polar surface area (TPSA) is 116 Å². The molecule has 4 amide bonds. The number of hydrogen-bond donors (Lipinski definition) is 4. The van der Waals surface area contributed by atoms with Crippen molar-refractivity contribution in [2.45, 2.75) is 51.7 Å². The van der Waals surface area contributed by atoms with Crippen LogP contribution in [0.2, 0.25) is 0 Å². The van der Waals surface area contributed by atoms with Crippen LogP contribution < -0.4 is 21.3 Å². The second-order valence-electron chi connectivity index (χ2n) is 8.35. The molecule has 0 radical (unpaired) electrons. The van der Waals surface area contributed by atoms with E-state index in [1.165, 1.54) is 0 Å². The van der Waals surface area contributed by atoms with Gasteiger partial charge in [-0.3, -0.25) is 19.2 Å². The van der Waals surface area contributed by atoms with E-state index < -0.39 is 41.8 Å². The van der Waals surface area contributed by atoms with Gasteiger partial charge in [-0.15, -0.1) is 0 Å². The summed E-state index contributed by atoms with van der Waals surface area (Å²) >= 11 is 0. The van der Waals surface area contributed by atoms with Crippen LogP contribution in [0.25, 0.3) is 0 Å². The Morgan fingerprint density at radius 3 is 2.18 bits per heavy atom.